The molecule has 1 atom stereocenters. The number of hydrogen-bond donors (Lipinski definition) is 1. The Morgan fingerprint density at radius 2 is 2.17 bits per heavy atom. The van der Waals surface area contributed by atoms with Gasteiger partial charge in [0.1, 0.15) is 0 Å². The average Bonchev–Trinajstić information content (AvgIpc) is 2.38. The van der Waals surface area contributed by atoms with Crippen LogP contribution in [0, 0.1) is 6.92 Å². The molecule has 0 saturated carbocycles. The van der Waals surface area contributed by atoms with Crippen LogP contribution in [0.2, 0.25) is 0 Å². The van der Waals surface area contributed by atoms with Crippen molar-refractivity contribution in [3.63, 3.8) is 0 Å². The van der Waals surface area contributed by atoms with E-state index in [1.165, 1.54) is 17.7 Å². The Hall–Kier alpha value is -1.06. The number of aryl methyl sites for hydroxylation is 1. The molecule has 1 aromatic carbocycles. The molecule has 3 nitrogen and oxygen atoms in total. The van der Waals surface area contributed by atoms with Crippen LogP contribution in [0.25, 0.3) is 0 Å². The van der Waals surface area contributed by atoms with Gasteiger partial charge in [-0.05, 0) is 51.7 Å². The van der Waals surface area contributed by atoms with Crippen LogP contribution in [0.1, 0.15) is 12.0 Å². The monoisotopic (exact) mass is 247 g/mol. The highest BCUT2D eigenvalue weighted by molar-refractivity contribution is 5.49. The number of nitrogens with zero attached hydrogens (tertiary/aromatic N) is 2. The van der Waals surface area contributed by atoms with Gasteiger partial charge in [-0.1, -0.05) is 12.1 Å². The smallest absolute Gasteiger partial charge is 0.0369 e. The second-order valence-electron chi connectivity index (χ2n) is 5.31. The molecule has 1 aliphatic heterocycles. The third-order valence-corrected chi connectivity index (χ3v) is 3.87. The van der Waals surface area contributed by atoms with Crippen LogP contribution in [-0.4, -0.2) is 51.2 Å². The molecule has 0 spiro atoms. The summed E-state index contributed by atoms with van der Waals surface area (Å²) < 4.78 is 0. The molecule has 1 unspecified atom stereocenters. The van der Waals surface area contributed by atoms with Gasteiger partial charge in [0, 0.05) is 31.4 Å². The van der Waals surface area contributed by atoms with Crippen LogP contribution >= 0.6 is 0 Å². The van der Waals surface area contributed by atoms with Crippen molar-refractivity contribution in [2.24, 2.45) is 0 Å². The number of rotatable bonds is 4. The van der Waals surface area contributed by atoms with Gasteiger partial charge in [0.05, 0.1) is 0 Å². The van der Waals surface area contributed by atoms with Crippen LogP contribution in [0.15, 0.2) is 24.3 Å². The van der Waals surface area contributed by atoms with E-state index in [2.05, 4.69) is 53.4 Å². The van der Waals surface area contributed by atoms with Gasteiger partial charge in [-0.15, -0.1) is 0 Å². The van der Waals surface area contributed by atoms with Gasteiger partial charge < -0.3 is 10.2 Å². The Bertz CT molecular complexity index is 378. The second-order valence-corrected chi connectivity index (χ2v) is 5.31. The quantitative estimate of drug-likeness (QED) is 0.874. The highest BCUT2D eigenvalue weighted by atomic mass is 15.3. The molecular formula is C15H25N3. The van der Waals surface area contributed by atoms with Crippen molar-refractivity contribution in [2.45, 2.75) is 19.4 Å². The molecule has 1 N–H and O–H groups in total. The van der Waals surface area contributed by atoms with E-state index in [-0.39, 0.29) is 0 Å². The zero-order chi connectivity index (χ0) is 13.0. The lowest BCUT2D eigenvalue weighted by atomic mass is 10.1. The SMILES string of the molecule is CNCCC1CN(c2cccc(C)c2)CCN1C. The predicted molar refractivity (Wildman–Crippen MR) is 78.4 cm³/mol. The molecule has 1 aromatic rings. The van der Waals surface area contributed by atoms with Gasteiger partial charge in [-0.25, -0.2) is 0 Å². The fourth-order valence-corrected chi connectivity index (χ4v) is 2.63. The van der Waals surface area contributed by atoms with Crippen molar-refractivity contribution < 1.29 is 0 Å². The molecule has 0 bridgehead atoms. The summed E-state index contributed by atoms with van der Waals surface area (Å²) in [5, 5.41) is 3.25. The van der Waals surface area contributed by atoms with Crippen molar-refractivity contribution in [1.82, 2.24) is 10.2 Å². The highest BCUT2D eigenvalue weighted by Gasteiger charge is 2.23. The summed E-state index contributed by atoms with van der Waals surface area (Å²) in [6, 6.07) is 9.50. The number of piperazine rings is 1. The molecule has 1 heterocycles. The molecule has 1 saturated heterocycles. The van der Waals surface area contributed by atoms with E-state index in [1.54, 1.807) is 0 Å². The second kappa shape index (κ2) is 6.21. The summed E-state index contributed by atoms with van der Waals surface area (Å²) in [4.78, 5) is 5.01. The van der Waals surface area contributed by atoms with Gasteiger partial charge in [0.25, 0.3) is 0 Å². The van der Waals surface area contributed by atoms with Gasteiger partial charge in [0.15, 0.2) is 0 Å². The summed E-state index contributed by atoms with van der Waals surface area (Å²) in [7, 11) is 4.27. The maximum Gasteiger partial charge on any atom is 0.0369 e. The molecule has 1 aliphatic rings. The summed E-state index contributed by atoms with van der Waals surface area (Å²) in [6.07, 6.45) is 1.22. The van der Waals surface area contributed by atoms with Gasteiger partial charge in [-0.2, -0.15) is 0 Å². The third-order valence-electron chi connectivity index (χ3n) is 3.87. The van der Waals surface area contributed by atoms with E-state index in [0.717, 1.165) is 26.2 Å². The number of nitrogens with one attached hydrogen (secondary N) is 1. The number of likely N-dealkylation sites (N-methyl/N-ethyl adjacent to an activating group) is 1. The van der Waals surface area contributed by atoms with Crippen molar-refractivity contribution in [2.75, 3.05) is 45.2 Å². The first kappa shape index (κ1) is 13.4. The van der Waals surface area contributed by atoms with Crippen LogP contribution in [0.5, 0.6) is 0 Å². The topological polar surface area (TPSA) is 18.5 Å². The van der Waals surface area contributed by atoms with Crippen molar-refractivity contribution in [1.29, 1.82) is 0 Å². The average molecular weight is 247 g/mol. The maximum absolute atomic E-state index is 3.25. The maximum atomic E-state index is 3.25. The summed E-state index contributed by atoms with van der Waals surface area (Å²) in [5.41, 5.74) is 2.72. The normalized spacial score (nSPS) is 21.3. The molecule has 2 rings (SSSR count). The Morgan fingerprint density at radius 3 is 2.89 bits per heavy atom. The van der Waals surface area contributed by atoms with Gasteiger partial charge >= 0.3 is 0 Å². The van der Waals surface area contributed by atoms with E-state index in [4.69, 9.17) is 0 Å². The van der Waals surface area contributed by atoms with E-state index in [0.29, 0.717) is 6.04 Å². The molecule has 1 fully saturated rings. The third kappa shape index (κ3) is 3.24. The largest absolute Gasteiger partial charge is 0.369 e. The molecule has 100 valence electrons. The molecule has 18 heavy (non-hydrogen) atoms. The lowest BCUT2D eigenvalue weighted by molar-refractivity contribution is 0.208. The molecule has 0 aliphatic carbocycles. The minimum absolute atomic E-state index is 0.659. The van der Waals surface area contributed by atoms with E-state index in [1.807, 2.05) is 7.05 Å². The van der Waals surface area contributed by atoms with Crippen molar-refractivity contribution in [3.05, 3.63) is 29.8 Å². The molecule has 0 amide bonds. The predicted octanol–water partition coefficient (Wildman–Crippen LogP) is 1.72. The minimum atomic E-state index is 0.659. The Morgan fingerprint density at radius 1 is 1.33 bits per heavy atom. The highest BCUT2D eigenvalue weighted by Crippen LogP contribution is 2.20. The molecular weight excluding hydrogens is 222 g/mol. The first-order valence-corrected chi connectivity index (χ1v) is 6.87. The Labute approximate surface area is 111 Å². The fraction of sp³-hybridized carbons (Fsp3) is 0.600. The summed E-state index contributed by atoms with van der Waals surface area (Å²) in [6.45, 7) is 6.69. The van der Waals surface area contributed by atoms with E-state index >= 15 is 0 Å². The summed E-state index contributed by atoms with van der Waals surface area (Å²) >= 11 is 0. The van der Waals surface area contributed by atoms with Crippen molar-refractivity contribution >= 4 is 5.69 Å². The standard InChI is InChI=1S/C15H25N3/c1-13-5-4-6-14(11-13)18-10-9-17(3)15(12-18)7-8-16-2/h4-6,11,15-16H,7-10,12H2,1-3H3. The van der Waals surface area contributed by atoms with Gasteiger partial charge in [0.2, 0.25) is 0 Å². The minimum Gasteiger partial charge on any atom is -0.369 e. The number of hydrogen-bond acceptors (Lipinski definition) is 3. The molecule has 0 radical (unpaired) electrons. The Balaban J connectivity index is 2.02. The fourth-order valence-electron chi connectivity index (χ4n) is 2.63. The zero-order valence-corrected chi connectivity index (χ0v) is 11.8. The lowest BCUT2D eigenvalue weighted by Crippen LogP contribution is -2.52. The van der Waals surface area contributed by atoms with Crippen LogP contribution in [0.4, 0.5) is 5.69 Å². The van der Waals surface area contributed by atoms with Crippen LogP contribution in [-0.2, 0) is 0 Å². The van der Waals surface area contributed by atoms with E-state index < -0.39 is 0 Å². The molecule has 0 aromatic heterocycles. The Kier molecular flexibility index (Phi) is 4.61. The first-order valence-electron chi connectivity index (χ1n) is 6.87. The van der Waals surface area contributed by atoms with Crippen LogP contribution in [0.3, 0.4) is 0 Å². The van der Waals surface area contributed by atoms with E-state index in [9.17, 15) is 0 Å². The zero-order valence-electron chi connectivity index (χ0n) is 11.8. The molecule has 3 heteroatoms. The lowest BCUT2D eigenvalue weighted by Gasteiger charge is -2.40. The van der Waals surface area contributed by atoms with Gasteiger partial charge in [-0.3, -0.25) is 4.90 Å². The first-order chi connectivity index (χ1) is 8.70. The summed E-state index contributed by atoms with van der Waals surface area (Å²) in [5.74, 6) is 0. The number of anilines is 1. The van der Waals surface area contributed by atoms with Crippen molar-refractivity contribution in [3.8, 4) is 0 Å². The number of benzene rings is 1. The van der Waals surface area contributed by atoms with Crippen LogP contribution < -0.4 is 10.2 Å².